The maximum absolute atomic E-state index is 15.0. The van der Waals surface area contributed by atoms with Crippen molar-refractivity contribution in [3.05, 3.63) is 140 Å². The molecule has 0 aliphatic carbocycles. The summed E-state index contributed by atoms with van der Waals surface area (Å²) in [6.45, 7) is 35.7. The van der Waals surface area contributed by atoms with Crippen molar-refractivity contribution in [2.24, 2.45) is 15.8 Å². The number of amides is 3. The van der Waals surface area contributed by atoms with E-state index in [1.54, 1.807) is 32.8 Å². The van der Waals surface area contributed by atoms with Gasteiger partial charge in [-0.15, -0.1) is 0 Å². The third-order valence-electron chi connectivity index (χ3n) is 11.0. The number of halogens is 4. The van der Waals surface area contributed by atoms with Crippen molar-refractivity contribution in [1.82, 2.24) is 10.6 Å². The van der Waals surface area contributed by atoms with Gasteiger partial charge in [-0.25, -0.2) is 25.0 Å². The summed E-state index contributed by atoms with van der Waals surface area (Å²) in [5.41, 5.74) is 1.26. The van der Waals surface area contributed by atoms with Gasteiger partial charge in [0.15, 0.2) is 16.7 Å². The van der Waals surface area contributed by atoms with Crippen LogP contribution in [-0.4, -0.2) is 53.3 Å². The van der Waals surface area contributed by atoms with Gasteiger partial charge in [0.05, 0.1) is 34.0 Å². The summed E-state index contributed by atoms with van der Waals surface area (Å²) in [7, 11) is 3.30. The van der Waals surface area contributed by atoms with Gasteiger partial charge in [-0.05, 0) is 111 Å². The molecule has 0 unspecified atom stereocenters. The quantitative estimate of drug-likeness (QED) is 0.0693. The molecule has 4 aromatic rings. The number of carbonyl (C=O) groups is 3. The Morgan fingerprint density at radius 2 is 1.22 bits per heavy atom. The van der Waals surface area contributed by atoms with Crippen LogP contribution in [0.25, 0.3) is 14.5 Å². The van der Waals surface area contributed by atoms with Crippen LogP contribution < -0.4 is 25.8 Å². The van der Waals surface area contributed by atoms with Gasteiger partial charge in [-0.2, -0.15) is 4.99 Å². The fourth-order valence-corrected chi connectivity index (χ4v) is 7.76. The van der Waals surface area contributed by atoms with Gasteiger partial charge < -0.3 is 20.9 Å². The van der Waals surface area contributed by atoms with Gasteiger partial charge in [-0.1, -0.05) is 87.3 Å². The first-order valence-electron chi connectivity index (χ1n) is 21.0. The number of aryl methyl sites for hydroxylation is 2. The van der Waals surface area contributed by atoms with Crippen LogP contribution in [0.1, 0.15) is 79.4 Å². The van der Waals surface area contributed by atoms with Crippen molar-refractivity contribution in [3.63, 3.8) is 0 Å². The second-order valence-electron chi connectivity index (χ2n) is 17.8. The van der Waals surface area contributed by atoms with Crippen molar-refractivity contribution < 1.29 is 23.2 Å². The molecule has 0 radical (unpaired) electrons. The average molecular weight is 1000 g/mol. The number of rotatable bonds is 13. The maximum atomic E-state index is 15.0. The van der Waals surface area contributed by atoms with Crippen molar-refractivity contribution in [1.29, 1.82) is 0 Å². The highest BCUT2D eigenvalue weighted by molar-refractivity contribution is 7.81. The molecule has 0 atom stereocenters. The highest BCUT2D eigenvalue weighted by Gasteiger charge is 2.51. The predicted molar refractivity (Wildman–Crippen MR) is 276 cm³/mol. The zero-order chi connectivity index (χ0) is 51.4. The molecule has 356 valence electrons. The molecule has 0 saturated carbocycles. The summed E-state index contributed by atoms with van der Waals surface area (Å²) in [5, 5.41) is 10.1. The molecule has 4 aromatic carbocycles. The Morgan fingerprint density at radius 3 is 1.66 bits per heavy atom. The summed E-state index contributed by atoms with van der Waals surface area (Å²) < 4.78 is 28.2. The second kappa shape index (κ2) is 23.6. The Bertz CT molecular complexity index is 2720. The summed E-state index contributed by atoms with van der Waals surface area (Å²) in [5.74, 6) is -1.95. The molecule has 0 spiro atoms. The standard InChI is InChI=1S/C25H26ClFN4O2S.C17H25N3O.C8H2ClFN2S/c1-24(2,21(32)29-6)14-13-15-7-9-16(10-8-15)31-23(34)30(22(33)25(31,3)4)18-12-11-17(28-5)19(26)20(18)27;1-16(2,15(21)18-5)12-11-13-7-9-14(10-8-13)20-17(3,4)19-6;1-11-5-2-3-6(12-4-13)8(10)7(5)9/h7-12H,13-14H2,1-4,6H3,(H,29,32);7-10,20H,11-12H2,1-5H3,(H,18,21);2-3H. The van der Waals surface area contributed by atoms with E-state index < -0.39 is 34.2 Å². The van der Waals surface area contributed by atoms with Crippen molar-refractivity contribution in [3.8, 4) is 0 Å². The van der Waals surface area contributed by atoms with E-state index in [1.807, 2.05) is 95.2 Å². The molecule has 12 nitrogen and oxygen atoms in total. The topological polar surface area (TPSA) is 119 Å². The van der Waals surface area contributed by atoms with Crippen molar-refractivity contribution >= 4 is 110 Å². The second-order valence-corrected chi connectivity index (χ2v) is 19.1. The van der Waals surface area contributed by atoms with Gasteiger partial charge in [0, 0.05) is 50.1 Å². The molecule has 1 fully saturated rings. The van der Waals surface area contributed by atoms with E-state index in [2.05, 4.69) is 47.7 Å². The van der Waals surface area contributed by atoms with Crippen LogP contribution in [-0.2, 0) is 27.2 Å². The van der Waals surface area contributed by atoms with Crippen molar-refractivity contribution in [2.75, 3.05) is 29.2 Å². The number of hydrogen-bond donors (Lipinski definition) is 3. The van der Waals surface area contributed by atoms with E-state index in [9.17, 15) is 23.2 Å². The monoisotopic (exact) mass is 999 g/mol. The first-order chi connectivity index (χ1) is 31.8. The summed E-state index contributed by atoms with van der Waals surface area (Å²) >= 11 is 21.4. The lowest BCUT2D eigenvalue weighted by Crippen LogP contribution is -2.44. The Hall–Kier alpha value is -6.31. The van der Waals surface area contributed by atoms with Crippen LogP contribution in [0.3, 0.4) is 0 Å². The molecular formula is C50H53Cl2F2N9O3S2. The molecule has 3 N–H and O–H groups in total. The number of nitrogens with one attached hydrogen (secondary N) is 3. The fraction of sp³-hybridized carbons (Fsp3) is 0.360. The minimum Gasteiger partial charge on any atom is -0.359 e. The predicted octanol–water partition coefficient (Wildman–Crippen LogP) is 12.9. The summed E-state index contributed by atoms with van der Waals surface area (Å²) in [4.78, 5) is 53.1. The molecule has 3 amide bonds. The SMILES string of the molecule is [C-]#[N+]C(C)(C)Nc1ccc(CCC(C)(C)C(=O)NC)cc1.[C-]#[N+]c1ccc(N2C(=O)C(C)(C)N(c3ccc(CCC(C)(C)C(=O)NC)cc3)C2=S)c(F)c1Cl.[C-]#[N+]c1ccc(N=C=S)c(F)c1Cl. The highest BCUT2D eigenvalue weighted by atomic mass is 35.5. The average Bonchev–Trinajstić information content (AvgIpc) is 3.49. The van der Waals surface area contributed by atoms with E-state index in [1.165, 1.54) is 29.8 Å². The largest absolute Gasteiger partial charge is 0.359 e. The number of hydrogen-bond acceptors (Lipinski definition) is 7. The first-order valence-corrected chi connectivity index (χ1v) is 22.6. The molecule has 68 heavy (non-hydrogen) atoms. The van der Waals surface area contributed by atoms with Crippen LogP contribution in [0.4, 0.5) is 42.9 Å². The molecule has 1 aliphatic heterocycles. The van der Waals surface area contributed by atoms with E-state index in [0.717, 1.165) is 29.0 Å². The summed E-state index contributed by atoms with van der Waals surface area (Å²) in [6, 6.07) is 21.1. The first kappa shape index (κ1) is 56.0. The lowest BCUT2D eigenvalue weighted by Gasteiger charge is -2.29. The molecule has 1 saturated heterocycles. The number of nitrogens with zero attached hydrogens (tertiary/aromatic N) is 6. The number of aliphatic imine (C=N–C) groups is 1. The van der Waals surface area contributed by atoms with E-state index in [-0.39, 0.29) is 55.1 Å². The zero-order valence-corrected chi connectivity index (χ0v) is 42.6. The molecule has 1 aliphatic rings. The van der Waals surface area contributed by atoms with Gasteiger partial charge in [-0.3, -0.25) is 24.1 Å². The maximum Gasteiger partial charge on any atom is 0.299 e. The smallest absolute Gasteiger partial charge is 0.299 e. The zero-order valence-electron chi connectivity index (χ0n) is 39.5. The summed E-state index contributed by atoms with van der Waals surface area (Å²) in [6.07, 6.45) is 3.03. The Balaban J connectivity index is 0.000000305. The number of isothiocyanates is 1. The number of benzene rings is 4. The molecule has 0 bridgehead atoms. The number of anilines is 3. The normalized spacial score (nSPS) is 13.0. The van der Waals surface area contributed by atoms with Gasteiger partial charge in [0.25, 0.3) is 11.6 Å². The molecule has 5 rings (SSSR count). The molecular weight excluding hydrogens is 948 g/mol. The molecule has 0 aromatic heterocycles. The van der Waals surface area contributed by atoms with Crippen LogP contribution in [0.15, 0.2) is 77.8 Å². The third kappa shape index (κ3) is 13.7. The minimum absolute atomic E-state index is 0.00704. The van der Waals surface area contributed by atoms with Crippen LogP contribution in [0.5, 0.6) is 0 Å². The fourth-order valence-electron chi connectivity index (χ4n) is 6.75. The number of thiocarbonyl (C=S) groups is 2. The Kier molecular flexibility index (Phi) is 19.5. The van der Waals surface area contributed by atoms with Crippen LogP contribution >= 0.6 is 47.6 Å². The highest BCUT2D eigenvalue weighted by Crippen LogP contribution is 2.41. The van der Waals surface area contributed by atoms with E-state index in [0.29, 0.717) is 18.5 Å². The lowest BCUT2D eigenvalue weighted by atomic mass is 9.85. The minimum atomic E-state index is -1.07. The van der Waals surface area contributed by atoms with E-state index in [4.69, 9.17) is 55.1 Å². The Labute approximate surface area is 418 Å². The van der Waals surface area contributed by atoms with Crippen LogP contribution in [0.2, 0.25) is 10.0 Å². The van der Waals surface area contributed by atoms with Crippen LogP contribution in [0, 0.1) is 42.2 Å². The van der Waals surface area contributed by atoms with Gasteiger partial charge in [0.1, 0.15) is 11.2 Å². The Morgan fingerprint density at radius 1 is 0.765 bits per heavy atom. The van der Waals surface area contributed by atoms with Gasteiger partial charge in [0.2, 0.25) is 23.2 Å². The van der Waals surface area contributed by atoms with E-state index >= 15 is 0 Å². The molecule has 18 heteroatoms. The molecule has 1 heterocycles. The number of carbonyl (C=O) groups excluding carboxylic acids is 3. The van der Waals surface area contributed by atoms with Gasteiger partial charge >= 0.3 is 0 Å². The van der Waals surface area contributed by atoms with Crippen molar-refractivity contribution in [2.45, 2.75) is 92.3 Å². The third-order valence-corrected chi connectivity index (χ3v) is 12.2. The lowest BCUT2D eigenvalue weighted by molar-refractivity contribution is -0.129.